The maximum absolute atomic E-state index is 12.1. The van der Waals surface area contributed by atoms with Gasteiger partial charge in [-0.2, -0.15) is 0 Å². The van der Waals surface area contributed by atoms with Crippen molar-refractivity contribution >= 4 is 5.82 Å². The average molecular weight is 233 g/mol. The van der Waals surface area contributed by atoms with Crippen LogP contribution in [0.1, 0.15) is 43.5 Å². The fraction of sp³-hybridized carbons (Fsp3) is 0.692. The van der Waals surface area contributed by atoms with Gasteiger partial charge in [0.1, 0.15) is 0 Å². The van der Waals surface area contributed by atoms with Crippen LogP contribution in [-0.4, -0.2) is 9.55 Å². The molecule has 2 aliphatic carbocycles. The molecular formula is C13H19N3O. The Morgan fingerprint density at radius 2 is 2.00 bits per heavy atom. The molecule has 1 aromatic rings. The van der Waals surface area contributed by atoms with Gasteiger partial charge in [-0.3, -0.25) is 4.79 Å². The van der Waals surface area contributed by atoms with Crippen LogP contribution in [0.4, 0.5) is 5.82 Å². The first-order valence-corrected chi connectivity index (χ1v) is 6.64. The summed E-state index contributed by atoms with van der Waals surface area (Å²) in [5.41, 5.74) is 7.91. The van der Waals surface area contributed by atoms with Crippen LogP contribution in [0.15, 0.2) is 4.79 Å². The largest absolute Gasteiger partial charge is 0.379 e. The Kier molecular flexibility index (Phi) is 2.65. The number of nitrogens with two attached hydrogens (primary N) is 1. The molecule has 1 aromatic heterocycles. The zero-order chi connectivity index (χ0) is 11.8. The van der Waals surface area contributed by atoms with Crippen molar-refractivity contribution in [3.8, 4) is 0 Å². The molecule has 0 radical (unpaired) electrons. The number of aromatic nitrogens is 2. The monoisotopic (exact) mass is 233 g/mol. The number of rotatable bonds is 2. The average Bonchev–Trinajstić information content (AvgIpc) is 3.11. The second kappa shape index (κ2) is 4.17. The number of nitrogens with zero attached hydrogens (tertiary/aromatic N) is 2. The van der Waals surface area contributed by atoms with Gasteiger partial charge in [0.2, 0.25) is 0 Å². The van der Waals surface area contributed by atoms with E-state index in [0.29, 0.717) is 5.92 Å². The van der Waals surface area contributed by atoms with Crippen molar-refractivity contribution in [1.82, 2.24) is 9.55 Å². The fourth-order valence-corrected chi connectivity index (χ4v) is 2.67. The zero-order valence-corrected chi connectivity index (χ0v) is 10.1. The van der Waals surface area contributed by atoms with Crippen molar-refractivity contribution in [2.24, 2.45) is 5.92 Å². The summed E-state index contributed by atoms with van der Waals surface area (Å²) < 4.78 is 1.92. The van der Waals surface area contributed by atoms with Crippen molar-refractivity contribution in [1.29, 1.82) is 0 Å². The van der Waals surface area contributed by atoms with E-state index in [1.54, 1.807) is 0 Å². The molecule has 2 aliphatic rings. The van der Waals surface area contributed by atoms with Gasteiger partial charge in [0.25, 0.3) is 5.56 Å². The Bertz CT molecular complexity index is 488. The maximum atomic E-state index is 12.1. The molecule has 0 aromatic carbocycles. The van der Waals surface area contributed by atoms with E-state index in [-0.39, 0.29) is 11.4 Å². The number of anilines is 1. The number of nitrogen functional groups attached to an aromatic ring is 1. The van der Waals surface area contributed by atoms with Gasteiger partial charge in [-0.05, 0) is 44.4 Å². The Labute approximate surface area is 101 Å². The van der Waals surface area contributed by atoms with Gasteiger partial charge in [-0.15, -0.1) is 0 Å². The molecule has 0 unspecified atom stereocenters. The predicted octanol–water partition coefficient (Wildman–Crippen LogP) is 1.50. The van der Waals surface area contributed by atoms with Crippen molar-refractivity contribution in [2.75, 3.05) is 5.73 Å². The quantitative estimate of drug-likeness (QED) is 0.787. The van der Waals surface area contributed by atoms with Gasteiger partial charge in [0.05, 0.1) is 5.69 Å². The standard InChI is InChI=1S/C13H19N3O/c14-12-13(17)16(8-9-6-7-9)11-5-3-1-2-4-10(11)15-12/h9H,1-8H2,(H2,14,15). The van der Waals surface area contributed by atoms with E-state index in [0.717, 1.165) is 30.8 Å². The van der Waals surface area contributed by atoms with Crippen LogP contribution in [0.25, 0.3) is 0 Å². The lowest BCUT2D eigenvalue weighted by atomic mass is 10.2. The first-order valence-electron chi connectivity index (χ1n) is 6.64. The lowest BCUT2D eigenvalue weighted by Crippen LogP contribution is -2.29. The van der Waals surface area contributed by atoms with Crippen molar-refractivity contribution in [3.63, 3.8) is 0 Å². The highest BCUT2D eigenvalue weighted by Crippen LogP contribution is 2.31. The number of fused-ring (bicyclic) bond motifs is 1. The lowest BCUT2D eigenvalue weighted by molar-refractivity contribution is 0.567. The minimum Gasteiger partial charge on any atom is -0.379 e. The molecule has 0 amide bonds. The number of aryl methyl sites for hydroxylation is 1. The summed E-state index contributed by atoms with van der Waals surface area (Å²) in [7, 11) is 0. The number of hydrogen-bond acceptors (Lipinski definition) is 3. The summed E-state index contributed by atoms with van der Waals surface area (Å²) in [6.45, 7) is 0.855. The molecule has 3 rings (SSSR count). The summed E-state index contributed by atoms with van der Waals surface area (Å²) in [4.78, 5) is 16.4. The van der Waals surface area contributed by atoms with E-state index >= 15 is 0 Å². The molecule has 0 bridgehead atoms. The first-order chi connectivity index (χ1) is 8.25. The summed E-state index contributed by atoms with van der Waals surface area (Å²) in [5.74, 6) is 0.883. The third-order valence-corrected chi connectivity index (χ3v) is 3.84. The van der Waals surface area contributed by atoms with E-state index in [1.165, 1.54) is 32.1 Å². The molecule has 0 saturated heterocycles. The second-order valence-corrected chi connectivity index (χ2v) is 5.31. The van der Waals surface area contributed by atoms with E-state index in [4.69, 9.17) is 5.73 Å². The van der Waals surface area contributed by atoms with Crippen LogP contribution in [0.3, 0.4) is 0 Å². The highest BCUT2D eigenvalue weighted by molar-refractivity contribution is 5.30. The molecule has 1 heterocycles. The minimum absolute atomic E-state index is 0.0717. The Hall–Kier alpha value is -1.32. The summed E-state index contributed by atoms with van der Waals surface area (Å²) in [5, 5.41) is 0. The molecule has 2 N–H and O–H groups in total. The van der Waals surface area contributed by atoms with Gasteiger partial charge >= 0.3 is 0 Å². The molecular weight excluding hydrogens is 214 g/mol. The third kappa shape index (κ3) is 2.08. The molecule has 0 aliphatic heterocycles. The fourth-order valence-electron chi connectivity index (χ4n) is 2.67. The Morgan fingerprint density at radius 3 is 2.76 bits per heavy atom. The topological polar surface area (TPSA) is 60.9 Å². The molecule has 4 nitrogen and oxygen atoms in total. The third-order valence-electron chi connectivity index (χ3n) is 3.84. The highest BCUT2D eigenvalue weighted by atomic mass is 16.1. The van der Waals surface area contributed by atoms with Crippen LogP contribution in [0.5, 0.6) is 0 Å². The molecule has 0 atom stereocenters. The van der Waals surface area contributed by atoms with Gasteiger partial charge in [-0.1, -0.05) is 6.42 Å². The Morgan fingerprint density at radius 1 is 1.24 bits per heavy atom. The molecule has 17 heavy (non-hydrogen) atoms. The van der Waals surface area contributed by atoms with Crippen LogP contribution in [0, 0.1) is 5.92 Å². The van der Waals surface area contributed by atoms with E-state index in [1.807, 2.05) is 4.57 Å². The Balaban J connectivity index is 2.08. The van der Waals surface area contributed by atoms with E-state index in [2.05, 4.69) is 4.98 Å². The van der Waals surface area contributed by atoms with Gasteiger partial charge in [0.15, 0.2) is 5.82 Å². The molecule has 92 valence electrons. The maximum Gasteiger partial charge on any atom is 0.293 e. The summed E-state index contributed by atoms with van der Waals surface area (Å²) in [6.07, 6.45) is 8.04. The summed E-state index contributed by atoms with van der Waals surface area (Å²) in [6, 6.07) is 0. The SMILES string of the molecule is Nc1nc2c(n(CC3CC3)c1=O)CCCCC2. The van der Waals surface area contributed by atoms with E-state index < -0.39 is 0 Å². The van der Waals surface area contributed by atoms with Crippen LogP contribution < -0.4 is 11.3 Å². The molecule has 1 fully saturated rings. The van der Waals surface area contributed by atoms with Crippen LogP contribution in [0.2, 0.25) is 0 Å². The lowest BCUT2D eigenvalue weighted by Gasteiger charge is -2.15. The van der Waals surface area contributed by atoms with Crippen molar-refractivity contribution in [2.45, 2.75) is 51.5 Å². The van der Waals surface area contributed by atoms with E-state index in [9.17, 15) is 4.79 Å². The highest BCUT2D eigenvalue weighted by Gasteiger charge is 2.25. The van der Waals surface area contributed by atoms with Crippen molar-refractivity contribution < 1.29 is 0 Å². The minimum atomic E-state index is -0.0717. The van der Waals surface area contributed by atoms with Crippen LogP contribution in [-0.2, 0) is 19.4 Å². The molecule has 1 saturated carbocycles. The van der Waals surface area contributed by atoms with Gasteiger partial charge in [0, 0.05) is 12.2 Å². The smallest absolute Gasteiger partial charge is 0.293 e. The van der Waals surface area contributed by atoms with Gasteiger partial charge < -0.3 is 10.3 Å². The van der Waals surface area contributed by atoms with Crippen molar-refractivity contribution in [3.05, 3.63) is 21.7 Å². The normalized spacial score (nSPS) is 19.8. The molecule has 0 spiro atoms. The predicted molar refractivity (Wildman–Crippen MR) is 66.9 cm³/mol. The first kappa shape index (κ1) is 10.8. The zero-order valence-electron chi connectivity index (χ0n) is 10.1. The van der Waals surface area contributed by atoms with Gasteiger partial charge in [-0.25, -0.2) is 4.98 Å². The molecule has 4 heteroatoms. The van der Waals surface area contributed by atoms with Crippen LogP contribution >= 0.6 is 0 Å². The number of hydrogen-bond donors (Lipinski definition) is 1. The second-order valence-electron chi connectivity index (χ2n) is 5.31. The summed E-state index contributed by atoms with van der Waals surface area (Å²) >= 11 is 0.